The largest absolute Gasteiger partial charge is 0.393 e. The van der Waals surface area contributed by atoms with E-state index in [-0.39, 0.29) is 12.0 Å². The number of thiophene rings is 1. The van der Waals surface area contributed by atoms with Gasteiger partial charge in [-0.05, 0) is 55.2 Å². The number of nitrogens with one attached hydrogen (secondary N) is 1. The summed E-state index contributed by atoms with van der Waals surface area (Å²) in [6.45, 7) is 4.59. The highest BCUT2D eigenvalue weighted by molar-refractivity contribution is 7.14. The van der Waals surface area contributed by atoms with E-state index < -0.39 is 11.9 Å². The van der Waals surface area contributed by atoms with Gasteiger partial charge in [0.25, 0.3) is 5.91 Å². The number of fused-ring (bicyclic) bond motifs is 2. The van der Waals surface area contributed by atoms with Crippen LogP contribution in [0.25, 0.3) is 0 Å². The van der Waals surface area contributed by atoms with E-state index >= 15 is 0 Å². The van der Waals surface area contributed by atoms with Crippen LogP contribution in [0.1, 0.15) is 56.6 Å². The molecular weight excluding hydrogens is 362 g/mol. The molecule has 2 aromatic rings. The Kier molecular flexibility index (Phi) is 4.84. The van der Waals surface area contributed by atoms with Gasteiger partial charge >= 0.3 is 0 Å². The highest BCUT2D eigenvalue weighted by Gasteiger charge is 2.47. The third-order valence-electron chi connectivity index (χ3n) is 5.41. The van der Waals surface area contributed by atoms with Crippen molar-refractivity contribution in [2.75, 3.05) is 7.05 Å². The lowest BCUT2D eigenvalue weighted by Gasteiger charge is -2.39. The maximum atomic E-state index is 11.8. The zero-order valence-electron chi connectivity index (χ0n) is 15.9. The van der Waals surface area contributed by atoms with Crippen molar-refractivity contribution in [3.63, 3.8) is 0 Å². The van der Waals surface area contributed by atoms with Gasteiger partial charge in [-0.25, -0.2) is 0 Å². The van der Waals surface area contributed by atoms with Gasteiger partial charge in [-0.1, -0.05) is 6.07 Å². The number of carbonyl (C=O) groups is 1. The summed E-state index contributed by atoms with van der Waals surface area (Å²) in [6.07, 6.45) is 1.40. The summed E-state index contributed by atoms with van der Waals surface area (Å²) in [4.78, 5) is 13.7. The Morgan fingerprint density at radius 2 is 2.22 bits per heavy atom. The number of aryl methyl sites for hydroxylation is 1. The van der Waals surface area contributed by atoms with E-state index in [9.17, 15) is 9.90 Å². The summed E-state index contributed by atoms with van der Waals surface area (Å²) < 4.78 is 12.3. The molecule has 144 valence electrons. The van der Waals surface area contributed by atoms with Crippen LogP contribution in [0.15, 0.2) is 24.3 Å². The first-order valence-corrected chi connectivity index (χ1v) is 10.2. The fourth-order valence-corrected chi connectivity index (χ4v) is 5.10. The summed E-state index contributed by atoms with van der Waals surface area (Å²) in [7, 11) is 1.64. The topological polar surface area (TPSA) is 67.8 Å². The van der Waals surface area contributed by atoms with Crippen molar-refractivity contribution in [3.05, 3.63) is 56.3 Å². The van der Waals surface area contributed by atoms with Crippen LogP contribution in [-0.4, -0.2) is 30.3 Å². The van der Waals surface area contributed by atoms with Gasteiger partial charge in [0.05, 0.1) is 23.7 Å². The van der Waals surface area contributed by atoms with Crippen LogP contribution in [0, 0.1) is 6.92 Å². The van der Waals surface area contributed by atoms with Gasteiger partial charge in [-0.2, -0.15) is 0 Å². The molecule has 1 amide bonds. The molecule has 2 N–H and O–H groups in total. The molecule has 4 rings (SSSR count). The number of amides is 1. The Balaban J connectivity index is 1.65. The molecule has 1 spiro atoms. The predicted octanol–water partition coefficient (Wildman–Crippen LogP) is 3.25. The Morgan fingerprint density at radius 3 is 2.96 bits per heavy atom. The zero-order valence-corrected chi connectivity index (χ0v) is 16.7. The smallest absolute Gasteiger partial charge is 0.261 e. The van der Waals surface area contributed by atoms with E-state index in [4.69, 9.17) is 9.47 Å². The van der Waals surface area contributed by atoms with Gasteiger partial charge in [0, 0.05) is 30.3 Å². The number of hydrogen-bond donors (Lipinski definition) is 2. The number of rotatable bonds is 3. The second-order valence-electron chi connectivity index (χ2n) is 7.52. The second kappa shape index (κ2) is 7.02. The van der Waals surface area contributed by atoms with Gasteiger partial charge < -0.3 is 19.9 Å². The Bertz CT molecular complexity index is 865. The second-order valence-corrected chi connectivity index (χ2v) is 8.69. The summed E-state index contributed by atoms with van der Waals surface area (Å²) in [5.74, 6) is -0.889. The number of aliphatic hydroxyl groups excluding tert-OH is 1. The number of ether oxygens (including phenoxy) is 2. The van der Waals surface area contributed by atoms with Crippen molar-refractivity contribution < 1.29 is 19.4 Å². The molecule has 2 aliphatic heterocycles. The molecule has 0 unspecified atom stereocenters. The molecule has 1 aromatic heterocycles. The van der Waals surface area contributed by atoms with E-state index in [0.29, 0.717) is 19.4 Å². The molecular formula is C21H25NO4S. The maximum absolute atomic E-state index is 11.8. The molecule has 6 heteroatoms. The lowest BCUT2D eigenvalue weighted by Crippen LogP contribution is -2.43. The summed E-state index contributed by atoms with van der Waals surface area (Å²) in [5, 5.41) is 12.9. The van der Waals surface area contributed by atoms with Gasteiger partial charge in [0.2, 0.25) is 0 Å². The highest BCUT2D eigenvalue weighted by Crippen LogP contribution is 2.46. The Hall–Kier alpha value is -1.73. The van der Waals surface area contributed by atoms with E-state index in [1.807, 2.05) is 19.1 Å². The third kappa shape index (κ3) is 3.43. The molecule has 0 aliphatic carbocycles. The fraction of sp³-hybridized carbons (Fsp3) is 0.476. The first-order chi connectivity index (χ1) is 12.9. The molecule has 5 nitrogen and oxygen atoms in total. The van der Waals surface area contributed by atoms with E-state index in [1.165, 1.54) is 22.5 Å². The molecule has 1 saturated heterocycles. The molecule has 3 heterocycles. The molecule has 0 saturated carbocycles. The Morgan fingerprint density at radius 1 is 1.41 bits per heavy atom. The van der Waals surface area contributed by atoms with Crippen LogP contribution < -0.4 is 5.32 Å². The predicted molar refractivity (Wildman–Crippen MR) is 104 cm³/mol. The van der Waals surface area contributed by atoms with Crippen molar-refractivity contribution in [2.24, 2.45) is 0 Å². The average Bonchev–Trinajstić information content (AvgIpc) is 3.20. The lowest BCUT2D eigenvalue weighted by molar-refractivity contribution is -0.295. The minimum Gasteiger partial charge on any atom is -0.393 e. The quantitative estimate of drug-likeness (QED) is 0.848. The SMILES string of the molecule is CNC(=O)c1ccc(Cc2cc3c(cc2C)CO[C@@]32C[C@@H](O)C[C@@H](C)O2)s1. The maximum Gasteiger partial charge on any atom is 0.261 e. The average molecular weight is 388 g/mol. The van der Waals surface area contributed by atoms with Crippen LogP contribution in [0.2, 0.25) is 0 Å². The van der Waals surface area contributed by atoms with E-state index in [1.54, 1.807) is 7.05 Å². The van der Waals surface area contributed by atoms with Crippen LogP contribution in [0.5, 0.6) is 0 Å². The Labute approximate surface area is 163 Å². The van der Waals surface area contributed by atoms with Crippen LogP contribution in [-0.2, 0) is 28.3 Å². The summed E-state index contributed by atoms with van der Waals surface area (Å²) in [6, 6.07) is 8.22. The minimum atomic E-state index is -0.836. The van der Waals surface area contributed by atoms with Crippen molar-refractivity contribution in [2.45, 2.75) is 57.7 Å². The van der Waals surface area contributed by atoms with Crippen molar-refractivity contribution >= 4 is 17.2 Å². The summed E-state index contributed by atoms with van der Waals surface area (Å²) >= 11 is 1.52. The van der Waals surface area contributed by atoms with E-state index in [0.717, 1.165) is 27.3 Å². The van der Waals surface area contributed by atoms with Gasteiger partial charge in [0.1, 0.15) is 0 Å². The summed E-state index contributed by atoms with van der Waals surface area (Å²) in [5.41, 5.74) is 4.57. The molecule has 1 fully saturated rings. The molecule has 27 heavy (non-hydrogen) atoms. The third-order valence-corrected chi connectivity index (χ3v) is 6.49. The van der Waals surface area contributed by atoms with Crippen LogP contribution in [0.3, 0.4) is 0 Å². The van der Waals surface area contributed by atoms with Gasteiger partial charge in [-0.3, -0.25) is 4.79 Å². The molecule has 0 bridgehead atoms. The molecule has 0 radical (unpaired) electrons. The minimum absolute atomic E-state index is 0.0446. The lowest BCUT2D eigenvalue weighted by atomic mass is 9.89. The molecule has 2 aliphatic rings. The van der Waals surface area contributed by atoms with Crippen LogP contribution in [0.4, 0.5) is 0 Å². The first-order valence-electron chi connectivity index (χ1n) is 9.33. The fourth-order valence-electron chi connectivity index (χ4n) is 4.12. The molecule has 3 atom stereocenters. The zero-order chi connectivity index (χ0) is 19.2. The van der Waals surface area contributed by atoms with Gasteiger partial charge in [-0.15, -0.1) is 11.3 Å². The van der Waals surface area contributed by atoms with Crippen molar-refractivity contribution in [1.29, 1.82) is 0 Å². The molecule has 1 aromatic carbocycles. The standard InChI is InChI=1S/C21H25NO4S/c1-12-6-15-11-25-21(10-16(23)7-13(2)26-21)18(15)9-14(12)8-17-4-5-19(27-17)20(24)22-3/h4-6,9,13,16,23H,7-8,10-11H2,1-3H3,(H,22,24)/t13-,16+,21-/m1/s1. The first kappa shape index (κ1) is 18.6. The van der Waals surface area contributed by atoms with E-state index in [2.05, 4.69) is 24.4 Å². The number of aliphatic hydroxyl groups is 1. The van der Waals surface area contributed by atoms with Crippen molar-refractivity contribution in [1.82, 2.24) is 5.32 Å². The number of hydrogen-bond acceptors (Lipinski definition) is 5. The number of benzene rings is 1. The highest BCUT2D eigenvalue weighted by atomic mass is 32.1. The monoisotopic (exact) mass is 387 g/mol. The normalized spacial score (nSPS) is 27.0. The van der Waals surface area contributed by atoms with Gasteiger partial charge in [0.15, 0.2) is 5.79 Å². The number of carbonyl (C=O) groups excluding carboxylic acids is 1. The van der Waals surface area contributed by atoms with Crippen molar-refractivity contribution in [3.8, 4) is 0 Å². The van der Waals surface area contributed by atoms with Crippen LogP contribution >= 0.6 is 11.3 Å².